The maximum atomic E-state index is 11.0. The number of carbonyl (C=O) groups is 1. The van der Waals surface area contributed by atoms with Gasteiger partial charge in [0.05, 0.1) is 18.0 Å². The summed E-state index contributed by atoms with van der Waals surface area (Å²) in [7, 11) is 0. The summed E-state index contributed by atoms with van der Waals surface area (Å²) in [6.45, 7) is 1.51. The molecular formula is C14H13NO3S. The molecule has 4 nitrogen and oxygen atoms in total. The number of fused-ring (bicyclic) bond motifs is 1. The first-order valence-corrected chi connectivity index (χ1v) is 6.95. The fraction of sp³-hybridized carbons (Fsp3) is 0.214. The number of nitrogens with zero attached hydrogens (tertiary/aromatic N) is 1. The first-order valence-electron chi connectivity index (χ1n) is 6.07. The molecule has 0 fully saturated rings. The van der Waals surface area contributed by atoms with Crippen molar-refractivity contribution >= 4 is 28.7 Å². The Morgan fingerprint density at radius 3 is 3.00 bits per heavy atom. The second-order valence-corrected chi connectivity index (χ2v) is 5.21. The van der Waals surface area contributed by atoms with Crippen LogP contribution in [0.15, 0.2) is 35.7 Å². The maximum absolute atomic E-state index is 11.0. The van der Waals surface area contributed by atoms with E-state index in [-0.39, 0.29) is 0 Å². The normalized spacial score (nSPS) is 14.4. The Balaban J connectivity index is 2.01. The maximum Gasteiger partial charge on any atom is 0.345 e. The van der Waals surface area contributed by atoms with Gasteiger partial charge in [0.1, 0.15) is 10.6 Å². The summed E-state index contributed by atoms with van der Waals surface area (Å²) in [5.74, 6) is -0.0290. The number of benzene rings is 1. The summed E-state index contributed by atoms with van der Waals surface area (Å²) in [5.41, 5.74) is 1.91. The lowest BCUT2D eigenvalue weighted by Gasteiger charge is -2.22. The zero-order valence-electron chi connectivity index (χ0n) is 10.2. The molecule has 1 N–H and O–H groups in total. The van der Waals surface area contributed by atoms with Crippen molar-refractivity contribution in [1.82, 2.24) is 0 Å². The van der Waals surface area contributed by atoms with Gasteiger partial charge in [0, 0.05) is 11.9 Å². The summed E-state index contributed by atoms with van der Waals surface area (Å²) >= 11 is 1.25. The van der Waals surface area contributed by atoms with Gasteiger partial charge in [-0.25, -0.2) is 4.79 Å². The number of hydrogen-bond acceptors (Lipinski definition) is 4. The number of ether oxygens (including phenoxy) is 1. The average molecular weight is 275 g/mol. The van der Waals surface area contributed by atoms with Crippen LogP contribution in [-0.4, -0.2) is 24.2 Å². The third kappa shape index (κ3) is 2.29. The molecule has 3 rings (SSSR count). The minimum Gasteiger partial charge on any atom is -0.491 e. The van der Waals surface area contributed by atoms with Gasteiger partial charge in [0.25, 0.3) is 0 Å². The van der Waals surface area contributed by atoms with E-state index >= 15 is 0 Å². The number of carboxylic acid groups (broad SMARTS) is 1. The van der Waals surface area contributed by atoms with E-state index in [2.05, 4.69) is 4.90 Å². The Morgan fingerprint density at radius 1 is 1.37 bits per heavy atom. The molecular weight excluding hydrogens is 262 g/mol. The smallest absolute Gasteiger partial charge is 0.345 e. The van der Waals surface area contributed by atoms with Gasteiger partial charge in [-0.1, -0.05) is 12.1 Å². The van der Waals surface area contributed by atoms with E-state index in [1.54, 1.807) is 6.07 Å². The minimum absolute atomic E-state index is 0.359. The van der Waals surface area contributed by atoms with E-state index in [9.17, 15) is 4.79 Å². The van der Waals surface area contributed by atoms with E-state index in [0.717, 1.165) is 30.1 Å². The summed E-state index contributed by atoms with van der Waals surface area (Å²) in [6, 6.07) is 9.57. The van der Waals surface area contributed by atoms with Crippen LogP contribution in [0.25, 0.3) is 0 Å². The third-order valence-electron chi connectivity index (χ3n) is 3.05. The second-order valence-electron chi connectivity index (χ2n) is 4.30. The highest BCUT2D eigenvalue weighted by molar-refractivity contribution is 7.12. The fourth-order valence-corrected chi connectivity index (χ4v) is 2.91. The SMILES string of the molecule is O=C(O)c1cc(N2CCCOc3ccccc32)cs1. The van der Waals surface area contributed by atoms with Crippen molar-refractivity contribution in [1.29, 1.82) is 0 Å². The molecule has 1 aliphatic heterocycles. The summed E-state index contributed by atoms with van der Waals surface area (Å²) < 4.78 is 5.70. The van der Waals surface area contributed by atoms with Crippen LogP contribution in [0.2, 0.25) is 0 Å². The second kappa shape index (κ2) is 4.93. The van der Waals surface area contributed by atoms with Crippen molar-refractivity contribution in [3.8, 4) is 5.75 Å². The Morgan fingerprint density at radius 2 is 2.21 bits per heavy atom. The van der Waals surface area contributed by atoms with Crippen molar-refractivity contribution in [2.45, 2.75) is 6.42 Å². The number of hydrogen-bond donors (Lipinski definition) is 1. The highest BCUT2D eigenvalue weighted by atomic mass is 32.1. The van der Waals surface area contributed by atoms with Crippen LogP contribution in [-0.2, 0) is 0 Å². The molecule has 2 heterocycles. The molecule has 0 spiro atoms. The van der Waals surface area contributed by atoms with Gasteiger partial charge in [-0.2, -0.15) is 0 Å². The number of thiophene rings is 1. The fourth-order valence-electron chi connectivity index (χ4n) is 2.18. The van der Waals surface area contributed by atoms with Gasteiger partial charge < -0.3 is 14.7 Å². The quantitative estimate of drug-likeness (QED) is 0.913. The van der Waals surface area contributed by atoms with Gasteiger partial charge in [-0.05, 0) is 24.6 Å². The van der Waals surface area contributed by atoms with Crippen LogP contribution in [0.3, 0.4) is 0 Å². The molecule has 19 heavy (non-hydrogen) atoms. The van der Waals surface area contributed by atoms with E-state index in [1.165, 1.54) is 11.3 Å². The molecule has 0 saturated heterocycles. The van der Waals surface area contributed by atoms with Crippen LogP contribution in [0.1, 0.15) is 16.1 Å². The first-order chi connectivity index (χ1) is 9.25. The topological polar surface area (TPSA) is 49.8 Å². The Bertz CT molecular complexity index is 608. The molecule has 0 radical (unpaired) electrons. The van der Waals surface area contributed by atoms with Crippen LogP contribution >= 0.6 is 11.3 Å². The number of aromatic carboxylic acids is 1. The largest absolute Gasteiger partial charge is 0.491 e. The monoisotopic (exact) mass is 275 g/mol. The van der Waals surface area contributed by atoms with Gasteiger partial charge in [-0.15, -0.1) is 11.3 Å². The molecule has 0 aliphatic carbocycles. The molecule has 0 amide bonds. The highest BCUT2D eigenvalue weighted by Gasteiger charge is 2.19. The Kier molecular flexibility index (Phi) is 3.13. The van der Waals surface area contributed by atoms with Crippen molar-refractivity contribution in [3.63, 3.8) is 0 Å². The molecule has 1 aromatic heterocycles. The zero-order valence-corrected chi connectivity index (χ0v) is 11.0. The molecule has 0 bridgehead atoms. The van der Waals surface area contributed by atoms with E-state index < -0.39 is 5.97 Å². The lowest BCUT2D eigenvalue weighted by molar-refractivity contribution is 0.0702. The van der Waals surface area contributed by atoms with Crippen LogP contribution in [0.5, 0.6) is 5.75 Å². The molecule has 5 heteroatoms. The van der Waals surface area contributed by atoms with Crippen LogP contribution in [0.4, 0.5) is 11.4 Å². The van der Waals surface area contributed by atoms with E-state index in [0.29, 0.717) is 11.5 Å². The van der Waals surface area contributed by atoms with E-state index in [4.69, 9.17) is 9.84 Å². The summed E-state index contributed by atoms with van der Waals surface area (Å²) in [5, 5.41) is 10.9. The molecule has 2 aromatic rings. The number of anilines is 2. The predicted molar refractivity (Wildman–Crippen MR) is 74.8 cm³/mol. The number of para-hydroxylation sites is 2. The summed E-state index contributed by atoms with van der Waals surface area (Å²) in [4.78, 5) is 13.5. The molecule has 1 aromatic carbocycles. The third-order valence-corrected chi connectivity index (χ3v) is 3.95. The van der Waals surface area contributed by atoms with E-state index in [1.807, 2.05) is 29.6 Å². The van der Waals surface area contributed by atoms with Crippen LogP contribution < -0.4 is 9.64 Å². The van der Waals surface area contributed by atoms with Crippen molar-refractivity contribution in [2.24, 2.45) is 0 Å². The molecule has 1 aliphatic rings. The minimum atomic E-state index is -0.879. The van der Waals surface area contributed by atoms with Crippen molar-refractivity contribution in [3.05, 3.63) is 40.6 Å². The molecule has 98 valence electrons. The van der Waals surface area contributed by atoms with Crippen molar-refractivity contribution < 1.29 is 14.6 Å². The highest BCUT2D eigenvalue weighted by Crippen LogP contribution is 2.37. The number of rotatable bonds is 2. The Labute approximate surface area is 114 Å². The van der Waals surface area contributed by atoms with Gasteiger partial charge >= 0.3 is 5.97 Å². The standard InChI is InChI=1S/C14H13NO3S/c16-14(17)13-8-10(9-19-13)15-6-3-7-18-12-5-2-1-4-11(12)15/h1-2,4-5,8-9H,3,6-7H2,(H,16,17). The Hall–Kier alpha value is -2.01. The zero-order chi connectivity index (χ0) is 13.2. The lowest BCUT2D eigenvalue weighted by atomic mass is 10.2. The lowest BCUT2D eigenvalue weighted by Crippen LogP contribution is -2.16. The van der Waals surface area contributed by atoms with Gasteiger partial charge in [0.2, 0.25) is 0 Å². The van der Waals surface area contributed by atoms with Crippen molar-refractivity contribution in [2.75, 3.05) is 18.1 Å². The van der Waals surface area contributed by atoms with Crippen LogP contribution in [0, 0.1) is 0 Å². The molecule has 0 atom stereocenters. The average Bonchev–Trinajstić information content (AvgIpc) is 2.80. The number of carboxylic acids is 1. The summed E-state index contributed by atoms with van der Waals surface area (Å²) in [6.07, 6.45) is 0.910. The van der Waals surface area contributed by atoms with Gasteiger partial charge in [-0.3, -0.25) is 0 Å². The molecule has 0 unspecified atom stereocenters. The van der Waals surface area contributed by atoms with Gasteiger partial charge in [0.15, 0.2) is 0 Å². The molecule has 0 saturated carbocycles. The predicted octanol–water partition coefficient (Wildman–Crippen LogP) is 3.37. The first kappa shape index (κ1) is 12.0.